The minimum absolute atomic E-state index is 0.804. The van der Waals surface area contributed by atoms with E-state index >= 15 is 0 Å². The summed E-state index contributed by atoms with van der Waals surface area (Å²) < 4.78 is 2.11. The third-order valence-electron chi connectivity index (χ3n) is 4.17. The fourth-order valence-corrected chi connectivity index (χ4v) is 2.84. The molecular weight excluding hydrogens is 320 g/mol. The summed E-state index contributed by atoms with van der Waals surface area (Å²) in [4.78, 5) is 4.59. The molecule has 0 unspecified atom stereocenters. The van der Waals surface area contributed by atoms with Crippen LogP contribution in [0.1, 0.15) is 5.56 Å². The van der Waals surface area contributed by atoms with Crippen molar-refractivity contribution in [3.8, 4) is 0 Å². The SMILES string of the molecule is Cn1cc(C=Nc2ccc(N=Nc3ccccc3)cc2)c2ccccc21. The first-order valence-electron chi connectivity index (χ1n) is 8.44. The molecule has 3 aromatic carbocycles. The van der Waals surface area contributed by atoms with E-state index in [4.69, 9.17) is 0 Å². The number of benzene rings is 3. The van der Waals surface area contributed by atoms with Crippen LogP contribution in [-0.2, 0) is 7.05 Å². The molecule has 0 aliphatic heterocycles. The van der Waals surface area contributed by atoms with Crippen LogP contribution in [0.25, 0.3) is 10.9 Å². The Morgan fingerprint density at radius 2 is 1.31 bits per heavy atom. The lowest BCUT2D eigenvalue weighted by atomic mass is 10.2. The molecule has 0 N–H and O–H groups in total. The van der Waals surface area contributed by atoms with Crippen LogP contribution in [0.5, 0.6) is 0 Å². The van der Waals surface area contributed by atoms with Gasteiger partial charge in [0.15, 0.2) is 0 Å². The molecule has 26 heavy (non-hydrogen) atoms. The van der Waals surface area contributed by atoms with Gasteiger partial charge in [0.1, 0.15) is 0 Å². The number of nitrogens with zero attached hydrogens (tertiary/aromatic N) is 4. The summed E-state index contributed by atoms with van der Waals surface area (Å²) in [5.41, 5.74) is 4.83. The fraction of sp³-hybridized carbons (Fsp3) is 0.0455. The summed E-state index contributed by atoms with van der Waals surface area (Å²) in [7, 11) is 2.05. The second-order valence-corrected chi connectivity index (χ2v) is 6.02. The van der Waals surface area contributed by atoms with Gasteiger partial charge in [-0.25, -0.2) is 0 Å². The number of azo groups is 1. The van der Waals surface area contributed by atoms with Gasteiger partial charge in [0.25, 0.3) is 0 Å². The number of rotatable bonds is 4. The predicted molar refractivity (Wildman–Crippen MR) is 107 cm³/mol. The Bertz CT molecular complexity index is 1070. The average Bonchev–Trinajstić information content (AvgIpc) is 3.02. The smallest absolute Gasteiger partial charge is 0.0858 e. The van der Waals surface area contributed by atoms with Gasteiger partial charge in [-0.15, -0.1) is 0 Å². The highest BCUT2D eigenvalue weighted by molar-refractivity contribution is 6.00. The zero-order valence-electron chi connectivity index (χ0n) is 14.4. The van der Waals surface area contributed by atoms with Crippen molar-refractivity contribution in [2.75, 3.05) is 0 Å². The maximum absolute atomic E-state index is 4.59. The lowest BCUT2D eigenvalue weighted by Gasteiger charge is -1.96. The van der Waals surface area contributed by atoms with Gasteiger partial charge in [0, 0.05) is 35.9 Å². The Morgan fingerprint density at radius 3 is 2.08 bits per heavy atom. The van der Waals surface area contributed by atoms with Crippen LogP contribution in [0.4, 0.5) is 17.1 Å². The summed E-state index contributed by atoms with van der Waals surface area (Å²) in [6.45, 7) is 0. The molecule has 4 rings (SSSR count). The normalized spacial score (nSPS) is 11.7. The van der Waals surface area contributed by atoms with Crippen molar-refractivity contribution < 1.29 is 0 Å². The molecule has 0 bridgehead atoms. The van der Waals surface area contributed by atoms with E-state index in [1.165, 1.54) is 10.9 Å². The van der Waals surface area contributed by atoms with E-state index < -0.39 is 0 Å². The van der Waals surface area contributed by atoms with E-state index in [2.05, 4.69) is 38.1 Å². The van der Waals surface area contributed by atoms with Gasteiger partial charge in [0.2, 0.25) is 0 Å². The molecule has 0 aliphatic carbocycles. The zero-order valence-corrected chi connectivity index (χ0v) is 14.4. The lowest BCUT2D eigenvalue weighted by molar-refractivity contribution is 0.968. The standard InChI is InChI=1S/C22H18N4/c1-26-16-17(21-9-5-6-10-22(21)26)15-23-18-11-13-20(14-12-18)25-24-19-7-3-2-4-8-19/h2-16H,1H3. The van der Waals surface area contributed by atoms with E-state index in [-0.39, 0.29) is 0 Å². The molecule has 4 heteroatoms. The Morgan fingerprint density at radius 1 is 0.692 bits per heavy atom. The molecule has 4 aromatic rings. The molecule has 1 heterocycles. The number of para-hydroxylation sites is 1. The third kappa shape index (κ3) is 3.44. The predicted octanol–water partition coefficient (Wildman–Crippen LogP) is 6.34. The van der Waals surface area contributed by atoms with Gasteiger partial charge in [-0.3, -0.25) is 4.99 Å². The van der Waals surface area contributed by atoms with Crippen LogP contribution in [-0.4, -0.2) is 10.8 Å². The van der Waals surface area contributed by atoms with Crippen molar-refractivity contribution in [3.05, 3.63) is 90.6 Å². The molecule has 0 fully saturated rings. The van der Waals surface area contributed by atoms with Gasteiger partial charge in [0.05, 0.1) is 17.1 Å². The number of hydrogen-bond acceptors (Lipinski definition) is 3. The first kappa shape index (κ1) is 16.0. The van der Waals surface area contributed by atoms with E-state index in [0.29, 0.717) is 0 Å². The monoisotopic (exact) mass is 338 g/mol. The van der Waals surface area contributed by atoms with Crippen LogP contribution in [0.3, 0.4) is 0 Å². The first-order valence-corrected chi connectivity index (χ1v) is 8.44. The molecule has 0 radical (unpaired) electrons. The van der Waals surface area contributed by atoms with Crippen molar-refractivity contribution in [1.82, 2.24) is 4.57 Å². The van der Waals surface area contributed by atoms with Gasteiger partial charge >= 0.3 is 0 Å². The average molecular weight is 338 g/mol. The Hall–Kier alpha value is -3.53. The Labute approximate surface area is 152 Å². The van der Waals surface area contributed by atoms with E-state index in [9.17, 15) is 0 Å². The molecule has 0 saturated heterocycles. The highest BCUT2D eigenvalue weighted by atomic mass is 15.1. The van der Waals surface area contributed by atoms with Crippen molar-refractivity contribution in [1.29, 1.82) is 0 Å². The Kier molecular flexibility index (Phi) is 4.39. The van der Waals surface area contributed by atoms with E-state index in [1.54, 1.807) is 0 Å². The van der Waals surface area contributed by atoms with Gasteiger partial charge in [-0.1, -0.05) is 36.4 Å². The number of aromatic nitrogens is 1. The molecule has 0 spiro atoms. The van der Waals surface area contributed by atoms with Gasteiger partial charge in [-0.05, 0) is 42.5 Å². The van der Waals surface area contributed by atoms with Crippen LogP contribution in [0.15, 0.2) is 100 Å². The molecular formula is C22H18N4. The quantitative estimate of drug-likeness (QED) is 0.307. The second-order valence-electron chi connectivity index (χ2n) is 6.02. The molecule has 0 atom stereocenters. The number of fused-ring (bicyclic) bond motifs is 1. The highest BCUT2D eigenvalue weighted by Crippen LogP contribution is 2.23. The summed E-state index contributed by atoms with van der Waals surface area (Å²) in [6.07, 6.45) is 4.00. The van der Waals surface area contributed by atoms with Crippen molar-refractivity contribution in [2.45, 2.75) is 0 Å². The molecule has 0 aliphatic rings. The number of aliphatic imine (C=N–C) groups is 1. The minimum Gasteiger partial charge on any atom is -0.350 e. The largest absolute Gasteiger partial charge is 0.350 e. The Balaban J connectivity index is 1.52. The van der Waals surface area contributed by atoms with Gasteiger partial charge in [-0.2, -0.15) is 10.2 Å². The van der Waals surface area contributed by atoms with Crippen LogP contribution < -0.4 is 0 Å². The summed E-state index contributed by atoms with van der Waals surface area (Å²) in [5.74, 6) is 0. The van der Waals surface area contributed by atoms with Crippen LogP contribution >= 0.6 is 0 Å². The maximum atomic E-state index is 4.59. The van der Waals surface area contributed by atoms with E-state index in [0.717, 1.165) is 22.6 Å². The summed E-state index contributed by atoms with van der Waals surface area (Å²) in [6, 6.07) is 25.7. The van der Waals surface area contributed by atoms with Crippen molar-refractivity contribution in [3.63, 3.8) is 0 Å². The molecule has 0 amide bonds. The number of hydrogen-bond donors (Lipinski definition) is 0. The first-order chi connectivity index (χ1) is 12.8. The zero-order chi connectivity index (χ0) is 17.8. The third-order valence-corrected chi connectivity index (χ3v) is 4.17. The topological polar surface area (TPSA) is 42.0 Å². The molecule has 126 valence electrons. The van der Waals surface area contributed by atoms with Crippen molar-refractivity contribution in [2.24, 2.45) is 22.3 Å². The van der Waals surface area contributed by atoms with Gasteiger partial charge < -0.3 is 4.57 Å². The summed E-state index contributed by atoms with van der Waals surface area (Å²) >= 11 is 0. The lowest BCUT2D eigenvalue weighted by Crippen LogP contribution is -1.82. The van der Waals surface area contributed by atoms with Crippen LogP contribution in [0.2, 0.25) is 0 Å². The number of aryl methyl sites for hydroxylation is 1. The maximum Gasteiger partial charge on any atom is 0.0858 e. The summed E-state index contributed by atoms with van der Waals surface area (Å²) in [5, 5.41) is 9.67. The fourth-order valence-electron chi connectivity index (χ4n) is 2.84. The minimum atomic E-state index is 0.804. The molecule has 4 nitrogen and oxygen atoms in total. The van der Waals surface area contributed by atoms with Crippen LogP contribution in [0, 0.1) is 0 Å². The second kappa shape index (κ2) is 7.15. The van der Waals surface area contributed by atoms with E-state index in [1.807, 2.05) is 80.0 Å². The molecule has 0 saturated carbocycles. The van der Waals surface area contributed by atoms with Crippen molar-refractivity contribution >= 4 is 34.2 Å². The highest BCUT2D eigenvalue weighted by Gasteiger charge is 2.03. The molecule has 1 aromatic heterocycles.